The molecule has 0 saturated heterocycles. The standard InChI is InChI=1S/C36H67N2O6P/c1-3-5-7-9-11-13-15-17-19-21-23-25-27-29-35(39)34(33-44-45(41,42)43-32-31-37)38-36(40)30-28-26-24-22-20-18-16-14-12-10-8-6-4-2/h6,8,12,14,18,20,24,26,34-35,39H,3-5,7,9-11,13,15-17,19,21-23,25,27-33,37H2,1-2H3,(H,38,40)(H,41,42)/b8-6-,14-12-,20-18-,26-24-. The Kier molecular flexibility index (Phi) is 31.3. The van der Waals surface area contributed by atoms with Gasteiger partial charge in [-0.25, -0.2) is 4.57 Å². The number of carbonyl (C=O) groups excluding carboxylic acids is 1. The molecule has 0 radical (unpaired) electrons. The van der Waals surface area contributed by atoms with Crippen molar-refractivity contribution >= 4 is 13.7 Å². The zero-order valence-electron chi connectivity index (χ0n) is 28.6. The van der Waals surface area contributed by atoms with Crippen molar-refractivity contribution in [2.45, 2.75) is 154 Å². The number of aliphatic hydroxyl groups excluding tert-OH is 1. The lowest BCUT2D eigenvalue weighted by atomic mass is 10.0. The molecule has 0 bridgehead atoms. The summed E-state index contributed by atoms with van der Waals surface area (Å²) < 4.78 is 22.0. The van der Waals surface area contributed by atoms with Crippen LogP contribution in [0.15, 0.2) is 48.6 Å². The molecule has 262 valence electrons. The molecule has 5 N–H and O–H groups in total. The average molecular weight is 655 g/mol. The normalized spacial score (nSPS) is 15.0. The molecule has 8 nitrogen and oxygen atoms in total. The summed E-state index contributed by atoms with van der Waals surface area (Å²) in [5.74, 6) is -0.244. The smallest absolute Gasteiger partial charge is 0.391 e. The Hall–Kier alpha value is -1.54. The zero-order valence-corrected chi connectivity index (χ0v) is 29.5. The summed E-state index contributed by atoms with van der Waals surface area (Å²) >= 11 is 0. The molecule has 0 aromatic heterocycles. The SMILES string of the molecule is CC/C=C\C/C=C\C/C=C\C/C=C\CCC(=O)NC(COP(=O)(O)OCCN)C(O)CCCCCCCCCCCCCCC. The first-order valence-electron chi connectivity index (χ1n) is 17.8. The molecule has 45 heavy (non-hydrogen) atoms. The van der Waals surface area contributed by atoms with Crippen LogP contribution in [-0.4, -0.2) is 47.8 Å². The van der Waals surface area contributed by atoms with Gasteiger partial charge in [-0.1, -0.05) is 146 Å². The maximum absolute atomic E-state index is 12.6. The van der Waals surface area contributed by atoms with Crippen LogP contribution >= 0.6 is 7.82 Å². The van der Waals surface area contributed by atoms with E-state index in [9.17, 15) is 19.4 Å². The van der Waals surface area contributed by atoms with E-state index in [1.165, 1.54) is 64.2 Å². The van der Waals surface area contributed by atoms with Gasteiger partial charge in [-0.3, -0.25) is 13.8 Å². The maximum Gasteiger partial charge on any atom is 0.472 e. The zero-order chi connectivity index (χ0) is 33.3. The predicted molar refractivity (Wildman–Crippen MR) is 189 cm³/mol. The van der Waals surface area contributed by atoms with Crippen LogP contribution in [-0.2, 0) is 18.4 Å². The lowest BCUT2D eigenvalue weighted by Gasteiger charge is -2.25. The van der Waals surface area contributed by atoms with Crippen molar-refractivity contribution in [3.63, 3.8) is 0 Å². The number of carbonyl (C=O) groups is 1. The van der Waals surface area contributed by atoms with Crippen LogP contribution in [0, 0.1) is 0 Å². The summed E-state index contributed by atoms with van der Waals surface area (Å²) in [4.78, 5) is 22.5. The summed E-state index contributed by atoms with van der Waals surface area (Å²) in [7, 11) is -4.32. The van der Waals surface area contributed by atoms with Gasteiger partial charge in [0.15, 0.2) is 0 Å². The van der Waals surface area contributed by atoms with Gasteiger partial charge >= 0.3 is 7.82 Å². The highest BCUT2D eigenvalue weighted by Crippen LogP contribution is 2.43. The number of unbranched alkanes of at least 4 members (excludes halogenated alkanes) is 12. The molecule has 0 spiro atoms. The Morgan fingerprint density at radius 3 is 1.76 bits per heavy atom. The van der Waals surface area contributed by atoms with Crippen molar-refractivity contribution in [3.8, 4) is 0 Å². The number of amides is 1. The summed E-state index contributed by atoms with van der Waals surface area (Å²) in [6.07, 6.45) is 37.0. The van der Waals surface area contributed by atoms with E-state index in [0.717, 1.165) is 44.9 Å². The molecule has 0 aliphatic heterocycles. The molecule has 0 fully saturated rings. The summed E-state index contributed by atoms with van der Waals surface area (Å²) in [6.45, 7) is 4.00. The first-order chi connectivity index (χ1) is 21.9. The summed E-state index contributed by atoms with van der Waals surface area (Å²) in [5.41, 5.74) is 5.34. The molecule has 0 saturated carbocycles. The van der Waals surface area contributed by atoms with Crippen LogP contribution < -0.4 is 11.1 Å². The van der Waals surface area contributed by atoms with E-state index in [2.05, 4.69) is 55.6 Å². The second-order valence-electron chi connectivity index (χ2n) is 11.7. The monoisotopic (exact) mass is 654 g/mol. The Labute approximate surface area is 275 Å². The minimum Gasteiger partial charge on any atom is -0.391 e. The number of allylic oxidation sites excluding steroid dienone is 8. The molecular formula is C36H67N2O6P. The minimum absolute atomic E-state index is 0.0764. The first-order valence-corrected chi connectivity index (χ1v) is 19.2. The van der Waals surface area contributed by atoms with Gasteiger partial charge in [0.25, 0.3) is 0 Å². The third-order valence-electron chi connectivity index (χ3n) is 7.46. The first kappa shape index (κ1) is 43.5. The second kappa shape index (κ2) is 32.4. The van der Waals surface area contributed by atoms with Gasteiger partial charge in [0, 0.05) is 13.0 Å². The molecule has 9 heteroatoms. The number of aliphatic hydroxyl groups is 1. The number of rotatable bonds is 32. The average Bonchev–Trinajstić information content (AvgIpc) is 3.02. The summed E-state index contributed by atoms with van der Waals surface area (Å²) in [5, 5.41) is 13.6. The maximum atomic E-state index is 12.6. The lowest BCUT2D eigenvalue weighted by Crippen LogP contribution is -2.46. The van der Waals surface area contributed by atoms with Crippen LogP contribution in [0.2, 0.25) is 0 Å². The van der Waals surface area contributed by atoms with Crippen molar-refractivity contribution in [2.24, 2.45) is 5.73 Å². The molecule has 3 atom stereocenters. The molecule has 0 aliphatic carbocycles. The minimum atomic E-state index is -4.32. The van der Waals surface area contributed by atoms with Crippen molar-refractivity contribution < 1.29 is 28.4 Å². The molecule has 0 aromatic rings. The van der Waals surface area contributed by atoms with E-state index >= 15 is 0 Å². The molecule has 0 heterocycles. The molecule has 3 unspecified atom stereocenters. The van der Waals surface area contributed by atoms with Crippen molar-refractivity contribution in [1.82, 2.24) is 5.32 Å². The fraction of sp³-hybridized carbons (Fsp3) is 0.750. The van der Waals surface area contributed by atoms with Gasteiger partial charge in [0.2, 0.25) is 5.91 Å². The number of hydrogen-bond acceptors (Lipinski definition) is 6. The number of phosphoric acid groups is 1. The van der Waals surface area contributed by atoms with Gasteiger partial charge in [0.1, 0.15) is 0 Å². The van der Waals surface area contributed by atoms with E-state index in [1.54, 1.807) is 0 Å². The third kappa shape index (κ3) is 30.9. The molecule has 0 aliphatic rings. The number of phosphoric ester groups is 1. The fourth-order valence-electron chi connectivity index (χ4n) is 4.79. The van der Waals surface area contributed by atoms with Crippen LogP contribution in [0.1, 0.15) is 142 Å². The lowest BCUT2D eigenvalue weighted by molar-refractivity contribution is -0.123. The summed E-state index contributed by atoms with van der Waals surface area (Å²) in [6, 6.07) is -0.811. The van der Waals surface area contributed by atoms with Gasteiger partial charge in [0.05, 0.1) is 25.4 Å². The molecular weight excluding hydrogens is 587 g/mol. The second-order valence-corrected chi connectivity index (χ2v) is 13.2. The largest absolute Gasteiger partial charge is 0.472 e. The van der Waals surface area contributed by atoms with Gasteiger partial charge in [-0.05, 0) is 38.5 Å². The Bertz CT molecular complexity index is 845. The topological polar surface area (TPSA) is 131 Å². The number of nitrogens with one attached hydrogen (secondary N) is 1. The van der Waals surface area contributed by atoms with Crippen LogP contribution in [0.3, 0.4) is 0 Å². The van der Waals surface area contributed by atoms with Gasteiger partial charge in [-0.15, -0.1) is 0 Å². The van der Waals surface area contributed by atoms with E-state index in [-0.39, 0.29) is 32.1 Å². The molecule has 1 amide bonds. The number of nitrogens with two attached hydrogens (primary N) is 1. The fourth-order valence-corrected chi connectivity index (χ4v) is 5.55. The highest BCUT2D eigenvalue weighted by Gasteiger charge is 2.27. The Balaban J connectivity index is 4.42. The van der Waals surface area contributed by atoms with Crippen molar-refractivity contribution in [3.05, 3.63) is 48.6 Å². The molecule has 0 rings (SSSR count). The van der Waals surface area contributed by atoms with Crippen molar-refractivity contribution in [2.75, 3.05) is 19.8 Å². The van der Waals surface area contributed by atoms with Gasteiger partial charge in [-0.2, -0.15) is 0 Å². The molecule has 0 aromatic carbocycles. The Morgan fingerprint density at radius 2 is 1.24 bits per heavy atom. The van der Waals surface area contributed by atoms with Crippen LogP contribution in [0.4, 0.5) is 0 Å². The van der Waals surface area contributed by atoms with Crippen molar-refractivity contribution in [1.29, 1.82) is 0 Å². The van der Waals surface area contributed by atoms with E-state index < -0.39 is 20.0 Å². The van der Waals surface area contributed by atoms with Gasteiger partial charge < -0.3 is 21.1 Å². The highest BCUT2D eigenvalue weighted by molar-refractivity contribution is 7.47. The predicted octanol–water partition coefficient (Wildman–Crippen LogP) is 8.99. The third-order valence-corrected chi connectivity index (χ3v) is 8.44. The van der Waals surface area contributed by atoms with E-state index in [0.29, 0.717) is 12.8 Å². The van der Waals surface area contributed by atoms with E-state index in [1.807, 2.05) is 12.2 Å². The highest BCUT2D eigenvalue weighted by atomic mass is 31.2. The Morgan fingerprint density at radius 1 is 0.756 bits per heavy atom. The van der Waals surface area contributed by atoms with Crippen LogP contribution in [0.5, 0.6) is 0 Å². The van der Waals surface area contributed by atoms with Crippen LogP contribution in [0.25, 0.3) is 0 Å². The number of hydrogen-bond donors (Lipinski definition) is 4. The quantitative estimate of drug-likeness (QED) is 0.0323. The van der Waals surface area contributed by atoms with E-state index in [4.69, 9.17) is 14.8 Å².